The molecule has 1 aromatic carbocycles. The van der Waals surface area contributed by atoms with Gasteiger partial charge in [-0.1, -0.05) is 34.1 Å². The molecule has 0 aromatic heterocycles. The van der Waals surface area contributed by atoms with Crippen molar-refractivity contribution in [2.24, 2.45) is 4.99 Å². The number of rotatable bonds is 4. The molecule has 128 valence electrons. The molecule has 2 N–H and O–H groups in total. The van der Waals surface area contributed by atoms with Crippen LogP contribution in [0.4, 0.5) is 0 Å². The van der Waals surface area contributed by atoms with Crippen LogP contribution in [-0.4, -0.2) is 48.2 Å². The number of nitrogens with one attached hydrogen (secondary N) is 1. The van der Waals surface area contributed by atoms with Gasteiger partial charge < -0.3 is 15.3 Å². The summed E-state index contributed by atoms with van der Waals surface area (Å²) in [5.41, 5.74) is 1.56. The van der Waals surface area contributed by atoms with E-state index in [4.69, 9.17) is 4.99 Å². The van der Waals surface area contributed by atoms with Gasteiger partial charge in [0.25, 0.3) is 0 Å². The Kier molecular flexibility index (Phi) is 6.74. The van der Waals surface area contributed by atoms with Crippen LogP contribution in [0.15, 0.2) is 33.7 Å². The summed E-state index contributed by atoms with van der Waals surface area (Å²) in [4.78, 5) is 7.05. The summed E-state index contributed by atoms with van der Waals surface area (Å²) in [5, 5.41) is 13.1. The van der Waals surface area contributed by atoms with Gasteiger partial charge in [0, 0.05) is 29.5 Å². The Morgan fingerprint density at radius 2 is 2.17 bits per heavy atom. The van der Waals surface area contributed by atoms with Crippen molar-refractivity contribution >= 4 is 45.9 Å². The Morgan fingerprint density at radius 3 is 2.74 bits per heavy atom. The van der Waals surface area contributed by atoms with Crippen LogP contribution in [0.3, 0.4) is 0 Å². The molecule has 23 heavy (non-hydrogen) atoms. The highest BCUT2D eigenvalue weighted by atomic mass is 127. The summed E-state index contributed by atoms with van der Waals surface area (Å²) in [6, 6.07) is 8.48. The number of hydrogen-bond acceptors (Lipinski definition) is 2. The Hall–Kier alpha value is -0.340. The molecule has 2 fully saturated rings. The van der Waals surface area contributed by atoms with Crippen molar-refractivity contribution in [2.45, 2.75) is 37.7 Å². The quantitative estimate of drug-likeness (QED) is 0.385. The molecule has 1 saturated heterocycles. The van der Waals surface area contributed by atoms with Crippen LogP contribution in [-0.2, 0) is 5.41 Å². The normalized spacial score (nSPS) is 22.7. The fraction of sp³-hybridized carbons (Fsp3) is 0.588. The third-order valence-electron chi connectivity index (χ3n) is 4.63. The molecular weight excluding hydrogens is 469 g/mol. The topological polar surface area (TPSA) is 47.9 Å². The average molecular weight is 494 g/mol. The highest BCUT2D eigenvalue weighted by molar-refractivity contribution is 14.0. The number of halogens is 2. The Morgan fingerprint density at radius 1 is 1.43 bits per heavy atom. The summed E-state index contributed by atoms with van der Waals surface area (Å²) < 4.78 is 1.18. The summed E-state index contributed by atoms with van der Waals surface area (Å²) >= 11 is 3.68. The van der Waals surface area contributed by atoms with E-state index >= 15 is 0 Å². The Balaban J connectivity index is 0.00000192. The van der Waals surface area contributed by atoms with Crippen LogP contribution in [0.1, 0.15) is 31.7 Å². The lowest BCUT2D eigenvalue weighted by Crippen LogP contribution is -2.41. The summed E-state index contributed by atoms with van der Waals surface area (Å²) in [5.74, 6) is 0.942. The van der Waals surface area contributed by atoms with Crippen LogP contribution in [0.2, 0.25) is 0 Å². The van der Waals surface area contributed by atoms with Gasteiger partial charge in [0.15, 0.2) is 5.96 Å². The second-order valence-corrected chi connectivity index (χ2v) is 7.17. The van der Waals surface area contributed by atoms with Gasteiger partial charge in [0.2, 0.25) is 0 Å². The van der Waals surface area contributed by atoms with Crippen molar-refractivity contribution < 1.29 is 5.11 Å². The van der Waals surface area contributed by atoms with E-state index in [-0.39, 0.29) is 35.5 Å². The van der Waals surface area contributed by atoms with Crippen molar-refractivity contribution in [2.75, 3.05) is 26.2 Å². The summed E-state index contributed by atoms with van der Waals surface area (Å²) in [7, 11) is 0. The maximum absolute atomic E-state index is 9.74. The summed E-state index contributed by atoms with van der Waals surface area (Å²) in [6.45, 7) is 5.32. The fourth-order valence-corrected chi connectivity index (χ4v) is 3.85. The highest BCUT2D eigenvalue weighted by Crippen LogP contribution is 2.50. The van der Waals surface area contributed by atoms with E-state index in [9.17, 15) is 5.11 Å². The fourth-order valence-electron chi connectivity index (χ4n) is 3.14. The molecule has 4 nitrogen and oxygen atoms in total. The maximum Gasteiger partial charge on any atom is 0.194 e. The molecule has 0 bridgehead atoms. The molecule has 3 rings (SSSR count). The molecule has 6 heteroatoms. The smallest absolute Gasteiger partial charge is 0.194 e. The van der Waals surface area contributed by atoms with E-state index in [1.807, 2.05) is 0 Å². The second kappa shape index (κ2) is 8.16. The van der Waals surface area contributed by atoms with E-state index in [2.05, 4.69) is 57.3 Å². The van der Waals surface area contributed by atoms with Crippen molar-refractivity contribution in [3.8, 4) is 0 Å². The van der Waals surface area contributed by atoms with Crippen LogP contribution in [0.5, 0.6) is 0 Å². The maximum atomic E-state index is 9.74. The van der Waals surface area contributed by atoms with E-state index in [0.29, 0.717) is 6.54 Å². The van der Waals surface area contributed by atoms with E-state index in [1.54, 1.807) is 0 Å². The van der Waals surface area contributed by atoms with Crippen LogP contribution < -0.4 is 5.32 Å². The largest absolute Gasteiger partial charge is 0.391 e. The molecule has 2 aliphatic rings. The van der Waals surface area contributed by atoms with Crippen LogP contribution in [0, 0.1) is 0 Å². The van der Waals surface area contributed by atoms with Gasteiger partial charge in [-0.15, -0.1) is 24.0 Å². The highest BCUT2D eigenvalue weighted by Gasteiger charge is 2.45. The molecule has 1 heterocycles. The third-order valence-corrected chi connectivity index (χ3v) is 5.32. The lowest BCUT2D eigenvalue weighted by molar-refractivity contribution is 0.188. The molecule has 0 unspecified atom stereocenters. The molecule has 1 atom stereocenters. The van der Waals surface area contributed by atoms with E-state index in [1.165, 1.54) is 22.9 Å². The van der Waals surface area contributed by atoms with Gasteiger partial charge in [-0.25, -0.2) is 0 Å². The van der Waals surface area contributed by atoms with Gasteiger partial charge in [-0.3, -0.25) is 4.99 Å². The number of aliphatic imine (C=N–C) groups is 1. The molecule has 1 aliphatic heterocycles. The van der Waals surface area contributed by atoms with Gasteiger partial charge in [0.05, 0.1) is 12.6 Å². The zero-order valence-corrected chi connectivity index (χ0v) is 17.4. The zero-order chi connectivity index (χ0) is 15.6. The number of likely N-dealkylation sites (tertiary alicyclic amines) is 1. The molecule has 0 amide bonds. The van der Waals surface area contributed by atoms with Crippen molar-refractivity contribution in [3.05, 3.63) is 34.3 Å². The molecule has 1 saturated carbocycles. The lowest BCUT2D eigenvalue weighted by Gasteiger charge is -2.22. The van der Waals surface area contributed by atoms with E-state index < -0.39 is 0 Å². The SMILES string of the molecule is CCNC(=NCC1(c2ccccc2Br)CC1)N1CC[C@@H](O)C1.I. The van der Waals surface area contributed by atoms with Crippen LogP contribution in [0.25, 0.3) is 0 Å². The minimum atomic E-state index is -0.220. The first kappa shape index (κ1) is 19.0. The minimum absolute atomic E-state index is 0. The van der Waals surface area contributed by atoms with Gasteiger partial charge in [-0.2, -0.15) is 0 Å². The first-order valence-corrected chi connectivity index (χ1v) is 8.90. The molecule has 1 aliphatic carbocycles. The Bertz CT molecular complexity index is 563. The van der Waals surface area contributed by atoms with Gasteiger partial charge in [0.1, 0.15) is 0 Å². The lowest BCUT2D eigenvalue weighted by atomic mass is 9.96. The first-order chi connectivity index (χ1) is 10.6. The molecular formula is C17H25BrIN3O. The summed E-state index contributed by atoms with van der Waals surface area (Å²) in [6.07, 6.45) is 3.00. The first-order valence-electron chi connectivity index (χ1n) is 8.11. The number of guanidine groups is 1. The minimum Gasteiger partial charge on any atom is -0.391 e. The monoisotopic (exact) mass is 493 g/mol. The predicted octanol–water partition coefficient (Wildman–Crippen LogP) is 3.13. The number of aliphatic hydroxyl groups excluding tert-OH is 1. The van der Waals surface area contributed by atoms with Crippen molar-refractivity contribution in [3.63, 3.8) is 0 Å². The standard InChI is InChI=1S/C17H24BrN3O.HI/c1-2-19-16(21-10-7-13(22)11-21)20-12-17(8-9-17)14-5-3-4-6-15(14)18;/h3-6,13,22H,2,7-12H2,1H3,(H,19,20);1H/t13-;/m1./s1. The van der Waals surface area contributed by atoms with Gasteiger partial charge in [-0.05, 0) is 37.8 Å². The van der Waals surface area contributed by atoms with E-state index in [0.717, 1.165) is 32.0 Å². The zero-order valence-electron chi connectivity index (χ0n) is 13.5. The number of nitrogens with zero attached hydrogens (tertiary/aromatic N) is 2. The number of benzene rings is 1. The third kappa shape index (κ3) is 4.39. The van der Waals surface area contributed by atoms with Crippen molar-refractivity contribution in [1.82, 2.24) is 10.2 Å². The number of aliphatic hydroxyl groups is 1. The Labute approximate surface area is 163 Å². The molecule has 0 radical (unpaired) electrons. The van der Waals surface area contributed by atoms with Crippen LogP contribution >= 0.6 is 39.9 Å². The second-order valence-electron chi connectivity index (χ2n) is 6.32. The molecule has 1 aromatic rings. The number of β-amino-alcohol motifs (C(OH)–C–C–N with tert-alkyl or cyclic N) is 1. The van der Waals surface area contributed by atoms with Crippen molar-refractivity contribution in [1.29, 1.82) is 0 Å². The van der Waals surface area contributed by atoms with Gasteiger partial charge >= 0.3 is 0 Å². The number of hydrogen-bond donors (Lipinski definition) is 2. The average Bonchev–Trinajstić information content (AvgIpc) is 3.18. The molecule has 0 spiro atoms. The predicted molar refractivity (Wildman–Crippen MR) is 109 cm³/mol.